The SMILES string of the molecule is CCc1c(OCOC)cc(OCOC)c(-c2ccccc2)c1CCc1ocnc1C(=O)NCC(O)CO. The monoisotopic (exact) mass is 514 g/mol. The van der Waals surface area contributed by atoms with Crippen LogP contribution < -0.4 is 14.8 Å². The van der Waals surface area contributed by atoms with Gasteiger partial charge < -0.3 is 38.9 Å². The lowest BCUT2D eigenvalue weighted by molar-refractivity contribution is 0.0457. The second-order valence-electron chi connectivity index (χ2n) is 8.20. The third kappa shape index (κ3) is 7.30. The van der Waals surface area contributed by atoms with Crippen molar-refractivity contribution in [3.8, 4) is 22.6 Å². The van der Waals surface area contributed by atoms with E-state index in [0.29, 0.717) is 36.5 Å². The van der Waals surface area contributed by atoms with Crippen LogP contribution in [0.15, 0.2) is 47.2 Å². The first kappa shape index (κ1) is 28.1. The van der Waals surface area contributed by atoms with E-state index < -0.39 is 18.6 Å². The highest BCUT2D eigenvalue weighted by atomic mass is 16.7. The van der Waals surface area contributed by atoms with Crippen molar-refractivity contribution in [2.45, 2.75) is 32.3 Å². The van der Waals surface area contributed by atoms with Crippen molar-refractivity contribution in [1.29, 1.82) is 0 Å². The third-order valence-corrected chi connectivity index (χ3v) is 5.72. The second kappa shape index (κ2) is 14.3. The lowest BCUT2D eigenvalue weighted by Gasteiger charge is -2.22. The van der Waals surface area contributed by atoms with E-state index in [1.807, 2.05) is 43.3 Å². The number of carbonyl (C=O) groups excluding carboxylic acids is 1. The number of hydrogen-bond acceptors (Lipinski definition) is 9. The standard InChI is InChI=1S/C27H34N2O8/c1-4-20-21(10-11-22-26(29-15-35-22)27(32)28-13-19(31)14-30)25(18-8-6-5-7-9-18)24(37-17-34-3)12-23(20)36-16-33-2/h5-9,12,15,19,30-31H,4,10-11,13-14,16-17H2,1-3H3,(H,28,32). The van der Waals surface area contributed by atoms with Crippen LogP contribution in [0.25, 0.3) is 11.1 Å². The lowest BCUT2D eigenvalue weighted by Crippen LogP contribution is -2.34. The zero-order chi connectivity index (χ0) is 26.6. The molecule has 10 nitrogen and oxygen atoms in total. The highest BCUT2D eigenvalue weighted by Crippen LogP contribution is 2.41. The number of methoxy groups -OCH3 is 2. The van der Waals surface area contributed by atoms with Gasteiger partial charge in [-0.3, -0.25) is 4.79 Å². The van der Waals surface area contributed by atoms with Crippen molar-refractivity contribution in [2.75, 3.05) is 41.0 Å². The number of hydrogen-bond donors (Lipinski definition) is 3. The van der Waals surface area contributed by atoms with Crippen molar-refractivity contribution >= 4 is 5.91 Å². The molecule has 0 aliphatic heterocycles. The number of ether oxygens (including phenoxy) is 4. The van der Waals surface area contributed by atoms with Crippen LogP contribution >= 0.6 is 0 Å². The van der Waals surface area contributed by atoms with E-state index in [1.54, 1.807) is 14.2 Å². The van der Waals surface area contributed by atoms with Crippen LogP contribution in [0.4, 0.5) is 0 Å². The van der Waals surface area contributed by atoms with Crippen LogP contribution in [0.3, 0.4) is 0 Å². The molecule has 0 aliphatic carbocycles. The maximum atomic E-state index is 12.6. The number of rotatable bonds is 15. The molecular formula is C27H34N2O8. The molecule has 0 saturated carbocycles. The number of carbonyl (C=O) groups is 1. The van der Waals surface area contributed by atoms with Gasteiger partial charge in [-0.25, -0.2) is 4.98 Å². The molecule has 0 radical (unpaired) electrons. The number of aliphatic hydroxyl groups excluding tert-OH is 2. The largest absolute Gasteiger partial charge is 0.467 e. The highest BCUT2D eigenvalue weighted by Gasteiger charge is 2.23. The molecule has 3 N–H and O–H groups in total. The van der Waals surface area contributed by atoms with E-state index in [4.69, 9.17) is 28.5 Å². The van der Waals surface area contributed by atoms with Crippen molar-refractivity contribution in [3.63, 3.8) is 0 Å². The van der Waals surface area contributed by atoms with Crippen molar-refractivity contribution < 1.29 is 38.4 Å². The summed E-state index contributed by atoms with van der Waals surface area (Å²) in [6, 6.07) is 11.7. The van der Waals surface area contributed by atoms with Crippen molar-refractivity contribution in [1.82, 2.24) is 10.3 Å². The van der Waals surface area contributed by atoms with Gasteiger partial charge in [-0.2, -0.15) is 0 Å². The molecule has 0 fully saturated rings. The number of nitrogens with one attached hydrogen (secondary N) is 1. The van der Waals surface area contributed by atoms with Gasteiger partial charge in [-0.1, -0.05) is 37.3 Å². The first-order chi connectivity index (χ1) is 18.0. The van der Waals surface area contributed by atoms with Crippen LogP contribution in [0.1, 0.15) is 34.3 Å². The van der Waals surface area contributed by atoms with E-state index in [2.05, 4.69) is 10.3 Å². The molecule has 1 amide bonds. The number of aromatic nitrogens is 1. The molecule has 3 rings (SSSR count). The summed E-state index contributed by atoms with van der Waals surface area (Å²) in [7, 11) is 3.12. The van der Waals surface area contributed by atoms with E-state index >= 15 is 0 Å². The van der Waals surface area contributed by atoms with E-state index in [-0.39, 0.29) is 25.8 Å². The molecule has 37 heavy (non-hydrogen) atoms. The van der Waals surface area contributed by atoms with Gasteiger partial charge in [0.05, 0.1) is 12.7 Å². The molecule has 3 aromatic rings. The topological polar surface area (TPSA) is 133 Å². The molecule has 200 valence electrons. The summed E-state index contributed by atoms with van der Waals surface area (Å²) in [6.07, 6.45) is 1.71. The Kier molecular flexibility index (Phi) is 10.9. The molecule has 1 heterocycles. The van der Waals surface area contributed by atoms with Crippen molar-refractivity contribution in [3.05, 3.63) is 65.4 Å². The number of benzene rings is 2. The van der Waals surface area contributed by atoms with Crippen LogP contribution in [-0.2, 0) is 28.7 Å². The Labute approximate surface area is 216 Å². The number of amides is 1. The molecule has 10 heteroatoms. The van der Waals surface area contributed by atoms with Crippen LogP contribution in [0.5, 0.6) is 11.5 Å². The van der Waals surface area contributed by atoms with E-state index in [1.165, 1.54) is 6.39 Å². The van der Waals surface area contributed by atoms with Gasteiger partial charge in [0.1, 0.15) is 17.3 Å². The first-order valence-electron chi connectivity index (χ1n) is 12.0. The van der Waals surface area contributed by atoms with Gasteiger partial charge in [0, 0.05) is 38.8 Å². The van der Waals surface area contributed by atoms with E-state index in [9.17, 15) is 9.90 Å². The fourth-order valence-corrected chi connectivity index (χ4v) is 4.03. The average Bonchev–Trinajstić information content (AvgIpc) is 3.41. The summed E-state index contributed by atoms with van der Waals surface area (Å²) < 4.78 is 27.8. The Hall–Kier alpha value is -3.44. The Bertz CT molecular complexity index is 1130. The molecule has 2 aromatic carbocycles. The Morgan fingerprint density at radius 3 is 2.41 bits per heavy atom. The molecule has 0 saturated heterocycles. The van der Waals surface area contributed by atoms with Gasteiger partial charge in [0.25, 0.3) is 5.91 Å². The van der Waals surface area contributed by atoms with Gasteiger partial charge in [-0.15, -0.1) is 0 Å². The summed E-state index contributed by atoms with van der Waals surface area (Å²) >= 11 is 0. The Balaban J connectivity index is 2.02. The predicted octanol–water partition coefficient (Wildman–Crippen LogP) is 2.74. The predicted molar refractivity (Wildman–Crippen MR) is 136 cm³/mol. The summed E-state index contributed by atoms with van der Waals surface area (Å²) in [5.74, 6) is 1.15. The van der Waals surface area contributed by atoms with Gasteiger partial charge >= 0.3 is 0 Å². The van der Waals surface area contributed by atoms with Crippen LogP contribution in [0, 0.1) is 0 Å². The fourth-order valence-electron chi connectivity index (χ4n) is 4.03. The Morgan fingerprint density at radius 2 is 1.76 bits per heavy atom. The molecule has 1 atom stereocenters. The highest BCUT2D eigenvalue weighted by molar-refractivity contribution is 5.93. The van der Waals surface area contributed by atoms with Crippen molar-refractivity contribution in [2.24, 2.45) is 0 Å². The number of oxazole rings is 1. The summed E-state index contributed by atoms with van der Waals surface area (Å²) in [6.45, 7) is 1.62. The second-order valence-corrected chi connectivity index (χ2v) is 8.20. The van der Waals surface area contributed by atoms with Crippen LogP contribution in [-0.4, -0.2) is 68.2 Å². The quantitative estimate of drug-likeness (QED) is 0.262. The lowest BCUT2D eigenvalue weighted by atomic mass is 9.89. The summed E-state index contributed by atoms with van der Waals surface area (Å²) in [5.41, 5.74) is 3.96. The van der Waals surface area contributed by atoms with Gasteiger partial charge in [0.2, 0.25) is 0 Å². The van der Waals surface area contributed by atoms with Gasteiger partial charge in [0.15, 0.2) is 25.7 Å². The summed E-state index contributed by atoms with van der Waals surface area (Å²) in [4.78, 5) is 16.7. The fraction of sp³-hybridized carbons (Fsp3) is 0.407. The third-order valence-electron chi connectivity index (χ3n) is 5.72. The molecule has 1 unspecified atom stereocenters. The smallest absolute Gasteiger partial charge is 0.273 e. The summed E-state index contributed by atoms with van der Waals surface area (Å²) in [5, 5.41) is 21.1. The zero-order valence-corrected chi connectivity index (χ0v) is 21.4. The maximum absolute atomic E-state index is 12.6. The number of aryl methyl sites for hydroxylation is 1. The molecule has 1 aromatic heterocycles. The maximum Gasteiger partial charge on any atom is 0.273 e. The molecule has 0 bridgehead atoms. The molecule has 0 aliphatic rings. The molecular weight excluding hydrogens is 480 g/mol. The van der Waals surface area contributed by atoms with Gasteiger partial charge in [-0.05, 0) is 29.5 Å². The zero-order valence-electron chi connectivity index (χ0n) is 21.4. The first-order valence-corrected chi connectivity index (χ1v) is 12.0. The minimum absolute atomic E-state index is 0.0561. The minimum atomic E-state index is -1.06. The van der Waals surface area contributed by atoms with Crippen LogP contribution in [0.2, 0.25) is 0 Å². The number of nitrogens with zero attached hydrogens (tertiary/aromatic N) is 1. The van der Waals surface area contributed by atoms with E-state index in [0.717, 1.165) is 22.3 Å². The molecule has 0 spiro atoms. The average molecular weight is 515 g/mol. The number of aliphatic hydroxyl groups is 2. The Morgan fingerprint density at radius 1 is 1.05 bits per heavy atom. The normalized spacial score (nSPS) is 11.8. The minimum Gasteiger partial charge on any atom is -0.467 e.